The minimum atomic E-state index is 0.267. The predicted molar refractivity (Wildman–Crippen MR) is 66.5 cm³/mol. The molecule has 3 rings (SSSR count). The number of H-pyrrole nitrogens is 1. The molecule has 0 radical (unpaired) electrons. The van der Waals surface area contributed by atoms with Gasteiger partial charge >= 0.3 is 0 Å². The number of nitrogen functional groups attached to an aromatic ring is 1. The third-order valence-electron chi connectivity index (χ3n) is 3.09. The maximum Gasteiger partial charge on any atom is 0.224 e. The molecular weight excluding hydrogens is 216 g/mol. The molecule has 0 aliphatic heterocycles. The molecule has 4 N–H and O–H groups in total. The first-order valence-electron chi connectivity index (χ1n) is 5.95. The number of hydrogen-bond acceptors (Lipinski definition) is 5. The average Bonchev–Trinajstić information content (AvgIpc) is 2.94. The zero-order valence-corrected chi connectivity index (χ0v) is 9.77. The lowest BCUT2D eigenvalue weighted by molar-refractivity contribution is 0.641. The molecule has 6 heteroatoms. The van der Waals surface area contributed by atoms with Crippen LogP contribution >= 0.6 is 0 Å². The van der Waals surface area contributed by atoms with E-state index in [-0.39, 0.29) is 5.95 Å². The molecule has 2 aromatic rings. The molecule has 17 heavy (non-hydrogen) atoms. The van der Waals surface area contributed by atoms with Crippen LogP contribution in [-0.2, 0) is 0 Å². The van der Waals surface area contributed by atoms with E-state index in [0.29, 0.717) is 11.7 Å². The van der Waals surface area contributed by atoms with Crippen molar-refractivity contribution in [2.45, 2.75) is 32.2 Å². The summed E-state index contributed by atoms with van der Waals surface area (Å²) in [7, 11) is 0. The Labute approximate surface area is 99.0 Å². The zero-order valence-electron chi connectivity index (χ0n) is 9.77. The van der Waals surface area contributed by atoms with Gasteiger partial charge in [-0.15, -0.1) is 0 Å². The molecular formula is C11H16N6. The highest BCUT2D eigenvalue weighted by molar-refractivity contribution is 5.86. The van der Waals surface area contributed by atoms with E-state index in [2.05, 4.69) is 32.4 Å². The van der Waals surface area contributed by atoms with Gasteiger partial charge in [-0.3, -0.25) is 5.10 Å². The Morgan fingerprint density at radius 2 is 2.35 bits per heavy atom. The monoisotopic (exact) mass is 232 g/mol. The van der Waals surface area contributed by atoms with Gasteiger partial charge in [0.25, 0.3) is 0 Å². The summed E-state index contributed by atoms with van der Waals surface area (Å²) in [6.45, 7) is 2.17. The van der Waals surface area contributed by atoms with Gasteiger partial charge in [0.05, 0.1) is 11.6 Å². The first-order valence-corrected chi connectivity index (χ1v) is 5.95. The van der Waals surface area contributed by atoms with Gasteiger partial charge in [0.15, 0.2) is 5.65 Å². The van der Waals surface area contributed by atoms with Gasteiger partial charge < -0.3 is 11.1 Å². The quantitative estimate of drug-likeness (QED) is 0.743. The molecule has 2 heterocycles. The van der Waals surface area contributed by atoms with Gasteiger partial charge in [-0.05, 0) is 19.3 Å². The average molecular weight is 232 g/mol. The van der Waals surface area contributed by atoms with Gasteiger partial charge in [0.1, 0.15) is 5.82 Å². The molecule has 0 amide bonds. The first-order chi connectivity index (χ1) is 8.22. The second kappa shape index (κ2) is 3.87. The van der Waals surface area contributed by atoms with Crippen molar-refractivity contribution in [1.29, 1.82) is 0 Å². The number of nitrogens with zero attached hydrogens (tertiary/aromatic N) is 3. The minimum Gasteiger partial charge on any atom is -0.368 e. The zero-order chi connectivity index (χ0) is 11.8. The van der Waals surface area contributed by atoms with E-state index in [0.717, 1.165) is 17.1 Å². The van der Waals surface area contributed by atoms with Crippen molar-refractivity contribution in [3.63, 3.8) is 0 Å². The molecule has 0 spiro atoms. The van der Waals surface area contributed by atoms with Crippen LogP contribution in [-0.4, -0.2) is 26.2 Å². The van der Waals surface area contributed by atoms with Crippen LogP contribution in [0.2, 0.25) is 0 Å². The number of aromatic nitrogens is 4. The van der Waals surface area contributed by atoms with Gasteiger partial charge in [0, 0.05) is 6.04 Å². The molecule has 2 aromatic heterocycles. The van der Waals surface area contributed by atoms with E-state index < -0.39 is 0 Å². The Morgan fingerprint density at radius 3 is 3.12 bits per heavy atom. The molecule has 0 saturated heterocycles. The van der Waals surface area contributed by atoms with Crippen molar-refractivity contribution < 1.29 is 0 Å². The van der Waals surface area contributed by atoms with E-state index >= 15 is 0 Å². The summed E-state index contributed by atoms with van der Waals surface area (Å²) in [5.74, 6) is 1.92. The van der Waals surface area contributed by atoms with Crippen LogP contribution in [0.4, 0.5) is 11.8 Å². The van der Waals surface area contributed by atoms with E-state index in [1.54, 1.807) is 6.20 Å². The summed E-state index contributed by atoms with van der Waals surface area (Å²) in [5.41, 5.74) is 6.34. The minimum absolute atomic E-state index is 0.267. The van der Waals surface area contributed by atoms with Crippen LogP contribution in [0, 0.1) is 5.92 Å². The van der Waals surface area contributed by atoms with Gasteiger partial charge in [0.2, 0.25) is 5.95 Å². The Morgan fingerprint density at radius 1 is 1.53 bits per heavy atom. The number of hydrogen-bond donors (Lipinski definition) is 3. The molecule has 1 unspecified atom stereocenters. The van der Waals surface area contributed by atoms with Crippen LogP contribution in [0.15, 0.2) is 6.20 Å². The highest BCUT2D eigenvalue weighted by Gasteiger charge is 2.24. The van der Waals surface area contributed by atoms with Crippen LogP contribution in [0.1, 0.15) is 26.2 Å². The van der Waals surface area contributed by atoms with Crippen molar-refractivity contribution >= 4 is 22.8 Å². The fourth-order valence-electron chi connectivity index (χ4n) is 2.11. The highest BCUT2D eigenvalue weighted by atomic mass is 15.2. The van der Waals surface area contributed by atoms with Crippen molar-refractivity contribution in [3.8, 4) is 0 Å². The topological polar surface area (TPSA) is 92.5 Å². The number of anilines is 2. The molecule has 1 aliphatic carbocycles. The summed E-state index contributed by atoms with van der Waals surface area (Å²) >= 11 is 0. The SMILES string of the molecule is CC(CC1CC1)Nc1nc(N)nc2[nH]ncc12. The van der Waals surface area contributed by atoms with Gasteiger partial charge in [-0.25, -0.2) is 0 Å². The lowest BCUT2D eigenvalue weighted by Crippen LogP contribution is -2.17. The number of nitrogens with two attached hydrogens (primary N) is 1. The normalized spacial score (nSPS) is 17.2. The standard InChI is InChI=1S/C11H16N6/c1-6(4-7-2-3-7)14-9-8-5-13-17-10(8)16-11(12)15-9/h5-7H,2-4H2,1H3,(H4,12,13,14,15,16,17). The van der Waals surface area contributed by atoms with Crippen molar-refractivity contribution in [2.24, 2.45) is 5.92 Å². The lowest BCUT2D eigenvalue weighted by Gasteiger charge is -2.14. The van der Waals surface area contributed by atoms with E-state index in [4.69, 9.17) is 5.73 Å². The van der Waals surface area contributed by atoms with Crippen molar-refractivity contribution in [1.82, 2.24) is 20.2 Å². The summed E-state index contributed by atoms with van der Waals surface area (Å²) in [6, 6.07) is 0.398. The number of nitrogens with one attached hydrogen (secondary N) is 2. The number of fused-ring (bicyclic) bond motifs is 1. The molecule has 1 atom stereocenters. The maximum atomic E-state index is 5.66. The predicted octanol–water partition coefficient (Wildman–Crippen LogP) is 1.54. The summed E-state index contributed by atoms with van der Waals surface area (Å²) in [5, 5.41) is 11.0. The second-order valence-corrected chi connectivity index (χ2v) is 4.79. The fourth-order valence-corrected chi connectivity index (χ4v) is 2.11. The molecule has 1 saturated carbocycles. The van der Waals surface area contributed by atoms with Crippen LogP contribution < -0.4 is 11.1 Å². The molecule has 0 bridgehead atoms. The summed E-state index contributed by atoms with van der Waals surface area (Å²) in [4.78, 5) is 8.32. The third-order valence-corrected chi connectivity index (χ3v) is 3.09. The largest absolute Gasteiger partial charge is 0.368 e. The summed E-state index contributed by atoms with van der Waals surface area (Å²) < 4.78 is 0. The number of rotatable bonds is 4. The van der Waals surface area contributed by atoms with Gasteiger partial charge in [-0.2, -0.15) is 15.1 Å². The first kappa shape index (κ1) is 10.3. The molecule has 1 aliphatic rings. The molecule has 6 nitrogen and oxygen atoms in total. The van der Waals surface area contributed by atoms with Crippen LogP contribution in [0.5, 0.6) is 0 Å². The molecule has 90 valence electrons. The molecule has 0 aromatic carbocycles. The maximum absolute atomic E-state index is 5.66. The Bertz CT molecular complexity index is 530. The molecule has 1 fully saturated rings. The van der Waals surface area contributed by atoms with E-state index in [1.807, 2.05) is 0 Å². The van der Waals surface area contributed by atoms with E-state index in [1.165, 1.54) is 19.3 Å². The van der Waals surface area contributed by atoms with Crippen molar-refractivity contribution in [3.05, 3.63) is 6.20 Å². The fraction of sp³-hybridized carbons (Fsp3) is 0.545. The van der Waals surface area contributed by atoms with Crippen LogP contribution in [0.3, 0.4) is 0 Å². The number of aromatic amines is 1. The van der Waals surface area contributed by atoms with Crippen molar-refractivity contribution in [2.75, 3.05) is 11.1 Å². The Balaban J connectivity index is 1.84. The van der Waals surface area contributed by atoms with E-state index in [9.17, 15) is 0 Å². The Hall–Kier alpha value is -1.85. The van der Waals surface area contributed by atoms with Gasteiger partial charge in [-0.1, -0.05) is 12.8 Å². The second-order valence-electron chi connectivity index (χ2n) is 4.79. The lowest BCUT2D eigenvalue weighted by atomic mass is 10.1. The third kappa shape index (κ3) is 2.15. The Kier molecular flexibility index (Phi) is 2.35. The summed E-state index contributed by atoms with van der Waals surface area (Å²) in [6.07, 6.45) is 5.63. The highest BCUT2D eigenvalue weighted by Crippen LogP contribution is 2.34. The van der Waals surface area contributed by atoms with Crippen LogP contribution in [0.25, 0.3) is 11.0 Å². The smallest absolute Gasteiger partial charge is 0.224 e.